The van der Waals surface area contributed by atoms with Gasteiger partial charge in [0.25, 0.3) is 5.91 Å². The summed E-state index contributed by atoms with van der Waals surface area (Å²) in [6.07, 6.45) is 0. The standard InChI is InChI=1S/C24H32N2O5S/c1-16(2)25-23(27)15-32-22-9-7-6-8-19(22)24(28)26-17(3)18-10-11-20(21(14-18)30-5)31-13-12-29-4/h6-11,14,16-17H,12-13,15H2,1-5H3,(H,25,27)(H,26,28). The lowest BCUT2D eigenvalue weighted by Crippen LogP contribution is -2.31. The summed E-state index contributed by atoms with van der Waals surface area (Å²) in [5.41, 5.74) is 1.42. The molecule has 174 valence electrons. The summed E-state index contributed by atoms with van der Waals surface area (Å²) in [4.78, 5) is 25.7. The maximum Gasteiger partial charge on any atom is 0.252 e. The number of hydrogen-bond acceptors (Lipinski definition) is 6. The summed E-state index contributed by atoms with van der Waals surface area (Å²) in [5.74, 6) is 1.19. The molecule has 0 saturated carbocycles. The van der Waals surface area contributed by atoms with Gasteiger partial charge in [-0.1, -0.05) is 18.2 Å². The van der Waals surface area contributed by atoms with Crippen LogP contribution >= 0.6 is 11.8 Å². The van der Waals surface area contributed by atoms with Crippen molar-refractivity contribution >= 4 is 23.6 Å². The van der Waals surface area contributed by atoms with E-state index in [1.54, 1.807) is 20.3 Å². The Labute approximate surface area is 194 Å². The first-order chi connectivity index (χ1) is 15.3. The van der Waals surface area contributed by atoms with Crippen molar-refractivity contribution in [3.05, 3.63) is 53.6 Å². The van der Waals surface area contributed by atoms with E-state index >= 15 is 0 Å². The number of nitrogens with one attached hydrogen (secondary N) is 2. The van der Waals surface area contributed by atoms with Gasteiger partial charge in [0, 0.05) is 18.0 Å². The van der Waals surface area contributed by atoms with Crippen molar-refractivity contribution in [3.63, 3.8) is 0 Å². The van der Waals surface area contributed by atoms with Gasteiger partial charge in [-0.25, -0.2) is 0 Å². The lowest BCUT2D eigenvalue weighted by atomic mass is 10.1. The van der Waals surface area contributed by atoms with Crippen LogP contribution in [0, 0.1) is 0 Å². The average molecular weight is 461 g/mol. The van der Waals surface area contributed by atoms with E-state index < -0.39 is 0 Å². The largest absolute Gasteiger partial charge is 0.493 e. The summed E-state index contributed by atoms with van der Waals surface area (Å²) in [6.45, 7) is 6.64. The van der Waals surface area contributed by atoms with Crippen molar-refractivity contribution in [1.29, 1.82) is 0 Å². The Balaban J connectivity index is 2.07. The highest BCUT2D eigenvalue weighted by Crippen LogP contribution is 2.31. The van der Waals surface area contributed by atoms with E-state index in [0.717, 1.165) is 10.5 Å². The van der Waals surface area contributed by atoms with E-state index in [0.29, 0.717) is 30.3 Å². The lowest BCUT2D eigenvalue weighted by Gasteiger charge is -2.18. The Bertz CT molecular complexity index is 904. The zero-order chi connectivity index (χ0) is 23.5. The van der Waals surface area contributed by atoms with Gasteiger partial charge in [0.2, 0.25) is 5.91 Å². The third kappa shape index (κ3) is 7.76. The van der Waals surface area contributed by atoms with Gasteiger partial charge in [0.1, 0.15) is 6.61 Å². The minimum atomic E-state index is -0.258. The molecule has 0 fully saturated rings. The van der Waals surface area contributed by atoms with Crippen LogP contribution < -0.4 is 20.1 Å². The van der Waals surface area contributed by atoms with E-state index in [1.165, 1.54) is 11.8 Å². The Morgan fingerprint density at radius 1 is 0.969 bits per heavy atom. The SMILES string of the molecule is COCCOc1ccc(C(C)NC(=O)c2ccccc2SCC(=O)NC(C)C)cc1OC. The molecule has 0 heterocycles. The van der Waals surface area contributed by atoms with E-state index in [-0.39, 0.29) is 29.7 Å². The smallest absolute Gasteiger partial charge is 0.252 e. The number of carbonyl (C=O) groups is 2. The zero-order valence-electron chi connectivity index (χ0n) is 19.3. The fourth-order valence-electron chi connectivity index (χ4n) is 2.95. The summed E-state index contributed by atoms with van der Waals surface area (Å²) >= 11 is 1.35. The number of rotatable bonds is 12. The minimum absolute atomic E-state index is 0.0616. The second kappa shape index (κ2) is 13.0. The van der Waals surface area contributed by atoms with Crippen LogP contribution in [0.5, 0.6) is 11.5 Å². The molecule has 2 amide bonds. The van der Waals surface area contributed by atoms with Crippen LogP contribution in [0.1, 0.15) is 42.7 Å². The molecule has 8 heteroatoms. The molecule has 0 radical (unpaired) electrons. The van der Waals surface area contributed by atoms with Crippen LogP contribution in [0.3, 0.4) is 0 Å². The van der Waals surface area contributed by atoms with E-state index in [2.05, 4.69) is 10.6 Å². The van der Waals surface area contributed by atoms with Crippen molar-refractivity contribution in [2.45, 2.75) is 37.8 Å². The normalized spacial score (nSPS) is 11.7. The molecule has 2 N–H and O–H groups in total. The third-order valence-electron chi connectivity index (χ3n) is 4.52. The monoisotopic (exact) mass is 460 g/mol. The van der Waals surface area contributed by atoms with Crippen LogP contribution in [-0.2, 0) is 9.53 Å². The first-order valence-corrected chi connectivity index (χ1v) is 11.5. The number of carbonyl (C=O) groups excluding carboxylic acids is 2. The van der Waals surface area contributed by atoms with Gasteiger partial charge in [0.15, 0.2) is 11.5 Å². The molecule has 0 spiro atoms. The molecule has 32 heavy (non-hydrogen) atoms. The van der Waals surface area contributed by atoms with Gasteiger partial charge in [-0.3, -0.25) is 9.59 Å². The van der Waals surface area contributed by atoms with Crippen LogP contribution in [-0.4, -0.2) is 51.0 Å². The van der Waals surface area contributed by atoms with Gasteiger partial charge in [-0.2, -0.15) is 0 Å². The zero-order valence-corrected chi connectivity index (χ0v) is 20.1. The summed E-state index contributed by atoms with van der Waals surface area (Å²) < 4.78 is 16.1. The Hall–Kier alpha value is -2.71. The molecule has 0 aromatic heterocycles. The fraction of sp³-hybridized carbons (Fsp3) is 0.417. The number of methoxy groups -OCH3 is 2. The van der Waals surface area contributed by atoms with Gasteiger partial charge in [-0.05, 0) is 50.6 Å². The predicted molar refractivity (Wildman–Crippen MR) is 127 cm³/mol. The topological polar surface area (TPSA) is 85.9 Å². The molecule has 2 aromatic rings. The number of hydrogen-bond donors (Lipinski definition) is 2. The average Bonchev–Trinajstić information content (AvgIpc) is 2.77. The molecule has 0 bridgehead atoms. The third-order valence-corrected chi connectivity index (χ3v) is 5.59. The van der Waals surface area contributed by atoms with Crippen molar-refractivity contribution in [3.8, 4) is 11.5 Å². The maximum absolute atomic E-state index is 13.0. The molecule has 0 saturated heterocycles. The van der Waals surface area contributed by atoms with Crippen LogP contribution in [0.25, 0.3) is 0 Å². The quantitative estimate of drug-likeness (QED) is 0.370. The highest BCUT2D eigenvalue weighted by atomic mass is 32.2. The molecular weight excluding hydrogens is 428 g/mol. The van der Waals surface area contributed by atoms with Gasteiger partial charge < -0.3 is 24.8 Å². The number of thioether (sulfide) groups is 1. The summed E-state index contributed by atoms with van der Waals surface area (Å²) in [7, 11) is 3.19. The summed E-state index contributed by atoms with van der Waals surface area (Å²) in [6, 6.07) is 12.7. The van der Waals surface area contributed by atoms with E-state index in [1.807, 2.05) is 57.2 Å². The highest BCUT2D eigenvalue weighted by molar-refractivity contribution is 8.00. The molecule has 0 aliphatic heterocycles. The van der Waals surface area contributed by atoms with Crippen LogP contribution in [0.2, 0.25) is 0 Å². The Morgan fingerprint density at radius 2 is 1.72 bits per heavy atom. The first kappa shape index (κ1) is 25.5. The Morgan fingerprint density at radius 3 is 2.41 bits per heavy atom. The molecule has 1 unspecified atom stereocenters. The highest BCUT2D eigenvalue weighted by Gasteiger charge is 2.17. The number of ether oxygens (including phenoxy) is 3. The van der Waals surface area contributed by atoms with Gasteiger partial charge in [0.05, 0.1) is 31.1 Å². The minimum Gasteiger partial charge on any atom is -0.493 e. The van der Waals surface area contributed by atoms with Gasteiger partial charge >= 0.3 is 0 Å². The maximum atomic E-state index is 13.0. The summed E-state index contributed by atoms with van der Waals surface area (Å²) in [5, 5.41) is 5.88. The van der Waals surface area contributed by atoms with Crippen LogP contribution in [0.15, 0.2) is 47.4 Å². The molecular formula is C24H32N2O5S. The molecule has 7 nitrogen and oxygen atoms in total. The van der Waals surface area contributed by atoms with Crippen molar-refractivity contribution in [1.82, 2.24) is 10.6 Å². The number of benzene rings is 2. The number of amides is 2. The lowest BCUT2D eigenvalue weighted by molar-refractivity contribution is -0.119. The molecule has 2 rings (SSSR count). The van der Waals surface area contributed by atoms with Crippen molar-refractivity contribution in [2.75, 3.05) is 33.2 Å². The van der Waals surface area contributed by atoms with Crippen molar-refractivity contribution in [2.24, 2.45) is 0 Å². The van der Waals surface area contributed by atoms with E-state index in [9.17, 15) is 9.59 Å². The molecule has 1 atom stereocenters. The van der Waals surface area contributed by atoms with Crippen LogP contribution in [0.4, 0.5) is 0 Å². The first-order valence-electron chi connectivity index (χ1n) is 10.5. The molecule has 2 aromatic carbocycles. The van der Waals surface area contributed by atoms with Crippen molar-refractivity contribution < 1.29 is 23.8 Å². The van der Waals surface area contributed by atoms with E-state index in [4.69, 9.17) is 14.2 Å². The molecule has 0 aliphatic rings. The fourth-order valence-corrected chi connectivity index (χ4v) is 3.81. The second-order valence-electron chi connectivity index (χ2n) is 7.45. The predicted octanol–water partition coefficient (Wildman–Crippen LogP) is 3.83. The second-order valence-corrected chi connectivity index (χ2v) is 8.47. The Kier molecular flexibility index (Phi) is 10.4. The van der Waals surface area contributed by atoms with Gasteiger partial charge in [-0.15, -0.1) is 11.8 Å². The molecule has 0 aliphatic carbocycles.